The molecule has 0 unspecified atom stereocenters. The molecule has 0 aliphatic heterocycles. The number of thioether (sulfide) groups is 1. The molecule has 0 spiro atoms. The molecule has 0 aliphatic rings. The number of rotatable bonds is 8. The van der Waals surface area contributed by atoms with Crippen LogP contribution in [0.5, 0.6) is 5.75 Å². The van der Waals surface area contributed by atoms with Crippen LogP contribution in [0, 0.1) is 0 Å². The van der Waals surface area contributed by atoms with Gasteiger partial charge in [-0.1, -0.05) is 35.5 Å². The first-order valence-electron chi connectivity index (χ1n) is 9.80. The molecule has 9 heteroatoms. The van der Waals surface area contributed by atoms with E-state index in [1.807, 2.05) is 47.0 Å². The number of ether oxygens (including phenoxy) is 1. The fraction of sp³-hybridized carbons (Fsp3) is 0.174. The van der Waals surface area contributed by atoms with E-state index in [1.54, 1.807) is 43.5 Å². The maximum absolute atomic E-state index is 12.7. The Labute approximate surface area is 195 Å². The van der Waals surface area contributed by atoms with Gasteiger partial charge in [0.1, 0.15) is 11.5 Å². The molecule has 0 bridgehead atoms. The number of methoxy groups -OCH3 is 1. The average molecular weight is 469 g/mol. The van der Waals surface area contributed by atoms with E-state index in [-0.39, 0.29) is 11.7 Å². The molecule has 1 amide bonds. The highest BCUT2D eigenvalue weighted by Crippen LogP contribution is 2.33. The number of benzene rings is 2. The van der Waals surface area contributed by atoms with E-state index in [4.69, 9.17) is 20.8 Å². The predicted octanol–water partition coefficient (Wildman–Crippen LogP) is 4.94. The quantitative estimate of drug-likeness (QED) is 0.341. The topological polar surface area (TPSA) is 73.4 Å². The number of carbonyl (C=O) groups excluding carboxylic acids is 1. The van der Waals surface area contributed by atoms with Gasteiger partial charge in [-0.2, -0.15) is 0 Å². The third kappa shape index (κ3) is 4.81. The highest BCUT2D eigenvalue weighted by molar-refractivity contribution is 7.99. The van der Waals surface area contributed by atoms with Crippen molar-refractivity contribution in [1.29, 1.82) is 0 Å². The zero-order chi connectivity index (χ0) is 22.5. The Kier molecular flexibility index (Phi) is 6.82. The number of carbonyl (C=O) groups is 1. The number of furan rings is 1. The van der Waals surface area contributed by atoms with Gasteiger partial charge in [-0.15, -0.1) is 10.2 Å². The number of nitrogens with zero attached hydrogens (tertiary/aromatic N) is 4. The number of amides is 1. The van der Waals surface area contributed by atoms with E-state index in [0.717, 1.165) is 17.0 Å². The van der Waals surface area contributed by atoms with E-state index >= 15 is 0 Å². The number of halogens is 1. The summed E-state index contributed by atoms with van der Waals surface area (Å²) in [5, 5.41) is 10.0. The minimum Gasteiger partial charge on any atom is -0.496 e. The van der Waals surface area contributed by atoms with Crippen LogP contribution in [0.2, 0.25) is 5.02 Å². The summed E-state index contributed by atoms with van der Waals surface area (Å²) in [6.07, 6.45) is 1.59. The molecular weight excluding hydrogens is 448 g/mol. The monoisotopic (exact) mass is 468 g/mol. The van der Waals surface area contributed by atoms with E-state index < -0.39 is 0 Å². The van der Waals surface area contributed by atoms with Crippen molar-refractivity contribution in [2.45, 2.75) is 11.7 Å². The minimum absolute atomic E-state index is 0.0455. The highest BCUT2D eigenvalue weighted by atomic mass is 35.5. The van der Waals surface area contributed by atoms with Gasteiger partial charge in [-0.25, -0.2) is 0 Å². The van der Waals surface area contributed by atoms with Crippen LogP contribution in [0.1, 0.15) is 5.76 Å². The zero-order valence-electron chi connectivity index (χ0n) is 17.6. The van der Waals surface area contributed by atoms with Crippen molar-refractivity contribution in [3.8, 4) is 22.8 Å². The highest BCUT2D eigenvalue weighted by Gasteiger charge is 2.20. The summed E-state index contributed by atoms with van der Waals surface area (Å²) in [4.78, 5) is 14.3. The van der Waals surface area contributed by atoms with Crippen molar-refractivity contribution in [2.24, 2.45) is 0 Å². The number of para-hydroxylation sites is 1. The second-order valence-corrected chi connectivity index (χ2v) is 8.32. The molecule has 0 fully saturated rings. The summed E-state index contributed by atoms with van der Waals surface area (Å²) in [5.74, 6) is 2.18. The van der Waals surface area contributed by atoms with E-state index in [0.29, 0.717) is 28.3 Å². The summed E-state index contributed by atoms with van der Waals surface area (Å²) in [6, 6.07) is 18.6. The maximum atomic E-state index is 12.7. The van der Waals surface area contributed by atoms with Crippen LogP contribution in [-0.4, -0.2) is 45.5 Å². The first-order chi connectivity index (χ1) is 15.6. The van der Waals surface area contributed by atoms with Crippen LogP contribution in [0.25, 0.3) is 17.1 Å². The fourth-order valence-electron chi connectivity index (χ4n) is 3.15. The van der Waals surface area contributed by atoms with Gasteiger partial charge in [0, 0.05) is 17.8 Å². The lowest BCUT2D eigenvalue weighted by molar-refractivity contribution is -0.127. The molecule has 32 heavy (non-hydrogen) atoms. The normalized spacial score (nSPS) is 10.8. The molecule has 2 aromatic heterocycles. The lowest BCUT2D eigenvalue weighted by atomic mass is 10.2. The van der Waals surface area contributed by atoms with Crippen molar-refractivity contribution < 1.29 is 13.9 Å². The Morgan fingerprint density at radius 3 is 2.62 bits per heavy atom. The fourth-order valence-corrected chi connectivity index (χ4v) is 4.17. The molecule has 7 nitrogen and oxygen atoms in total. The first-order valence-corrected chi connectivity index (χ1v) is 11.2. The van der Waals surface area contributed by atoms with E-state index in [2.05, 4.69) is 10.2 Å². The van der Waals surface area contributed by atoms with Gasteiger partial charge in [0.15, 0.2) is 11.0 Å². The van der Waals surface area contributed by atoms with Gasteiger partial charge in [0.2, 0.25) is 5.91 Å². The van der Waals surface area contributed by atoms with Crippen molar-refractivity contribution in [3.63, 3.8) is 0 Å². The smallest absolute Gasteiger partial charge is 0.233 e. The van der Waals surface area contributed by atoms with Crippen molar-refractivity contribution in [3.05, 3.63) is 77.7 Å². The summed E-state index contributed by atoms with van der Waals surface area (Å²) in [7, 11) is 3.36. The average Bonchev–Trinajstić information content (AvgIpc) is 3.48. The summed E-state index contributed by atoms with van der Waals surface area (Å²) < 4.78 is 12.7. The van der Waals surface area contributed by atoms with Gasteiger partial charge in [0.05, 0.1) is 31.2 Å². The van der Waals surface area contributed by atoms with Crippen LogP contribution < -0.4 is 4.74 Å². The number of hydrogen-bond acceptors (Lipinski definition) is 6. The molecule has 0 N–H and O–H groups in total. The molecule has 0 aliphatic carbocycles. The predicted molar refractivity (Wildman–Crippen MR) is 124 cm³/mol. The SMILES string of the molecule is COc1ccccc1-c1nnc(SCC(=O)N(C)Cc2ccco2)n1-c1ccc(Cl)cc1. The van der Waals surface area contributed by atoms with Crippen molar-refractivity contribution in [1.82, 2.24) is 19.7 Å². The van der Waals surface area contributed by atoms with Gasteiger partial charge in [-0.3, -0.25) is 9.36 Å². The van der Waals surface area contributed by atoms with Gasteiger partial charge >= 0.3 is 0 Å². The second kappa shape index (κ2) is 9.93. The molecule has 0 radical (unpaired) electrons. The Morgan fingerprint density at radius 1 is 1.12 bits per heavy atom. The first kappa shape index (κ1) is 22.0. The molecule has 2 aromatic carbocycles. The summed E-state index contributed by atoms with van der Waals surface area (Å²) >= 11 is 7.41. The largest absolute Gasteiger partial charge is 0.496 e. The number of aromatic nitrogens is 3. The van der Waals surface area contributed by atoms with Crippen molar-refractivity contribution >= 4 is 29.3 Å². The lowest BCUT2D eigenvalue weighted by Crippen LogP contribution is -2.27. The van der Waals surface area contributed by atoms with Crippen molar-refractivity contribution in [2.75, 3.05) is 19.9 Å². The molecule has 4 rings (SSSR count). The molecule has 164 valence electrons. The summed E-state index contributed by atoms with van der Waals surface area (Å²) in [5.41, 5.74) is 1.63. The molecule has 0 atom stereocenters. The molecule has 0 saturated carbocycles. The van der Waals surface area contributed by atoms with Crippen LogP contribution in [0.4, 0.5) is 0 Å². The Hall–Kier alpha value is -3.23. The minimum atomic E-state index is -0.0455. The van der Waals surface area contributed by atoms with Crippen LogP contribution in [-0.2, 0) is 11.3 Å². The van der Waals surface area contributed by atoms with Gasteiger partial charge in [0.25, 0.3) is 0 Å². The molecule has 4 aromatic rings. The molecule has 2 heterocycles. The Balaban J connectivity index is 1.62. The maximum Gasteiger partial charge on any atom is 0.233 e. The Bertz CT molecular complexity index is 1190. The third-order valence-corrected chi connectivity index (χ3v) is 5.96. The second-order valence-electron chi connectivity index (χ2n) is 6.94. The number of hydrogen-bond donors (Lipinski definition) is 0. The standard InChI is InChI=1S/C23H21ClN4O3S/c1-27(14-18-6-5-13-31-18)21(29)15-32-23-26-25-22(19-7-3-4-8-20(19)30-2)28(23)17-11-9-16(24)10-12-17/h3-13H,14-15H2,1-2H3. The third-order valence-electron chi connectivity index (χ3n) is 4.79. The van der Waals surface area contributed by atoms with Gasteiger partial charge < -0.3 is 14.1 Å². The Morgan fingerprint density at radius 2 is 1.91 bits per heavy atom. The van der Waals surface area contributed by atoms with E-state index in [9.17, 15) is 4.79 Å². The zero-order valence-corrected chi connectivity index (χ0v) is 19.1. The molecular formula is C23H21ClN4O3S. The van der Waals surface area contributed by atoms with Gasteiger partial charge in [-0.05, 0) is 48.5 Å². The summed E-state index contributed by atoms with van der Waals surface area (Å²) in [6.45, 7) is 0.405. The van der Waals surface area contributed by atoms with Crippen LogP contribution in [0.15, 0.2) is 76.5 Å². The van der Waals surface area contributed by atoms with Crippen LogP contribution >= 0.6 is 23.4 Å². The molecule has 0 saturated heterocycles. The van der Waals surface area contributed by atoms with E-state index in [1.165, 1.54) is 11.8 Å². The van der Waals surface area contributed by atoms with Crippen LogP contribution in [0.3, 0.4) is 0 Å². The lowest BCUT2D eigenvalue weighted by Gasteiger charge is -2.16.